The Morgan fingerprint density at radius 2 is 2.06 bits per heavy atom. The summed E-state index contributed by atoms with van der Waals surface area (Å²) in [7, 11) is 0. The molecule has 0 bridgehead atoms. The van der Waals surface area contributed by atoms with Crippen LogP contribution in [-0.2, 0) is 11.3 Å². The van der Waals surface area contributed by atoms with E-state index in [9.17, 15) is 9.59 Å². The monoisotopic (exact) mass is 490 g/mol. The summed E-state index contributed by atoms with van der Waals surface area (Å²) in [6, 6.07) is 9.05. The normalized spacial score (nSPS) is 18.8. The van der Waals surface area contributed by atoms with Crippen LogP contribution in [0.1, 0.15) is 40.5 Å². The first kappa shape index (κ1) is 21.1. The Balaban J connectivity index is 1.36. The van der Waals surface area contributed by atoms with E-state index in [0.29, 0.717) is 18.1 Å². The van der Waals surface area contributed by atoms with Gasteiger partial charge < -0.3 is 4.90 Å². The third-order valence-corrected chi connectivity index (χ3v) is 7.66. The predicted octanol–water partition coefficient (Wildman–Crippen LogP) is 3.42. The first-order valence-electron chi connectivity index (χ1n) is 11.0. The molecule has 170 valence electrons. The molecule has 5 heterocycles. The first-order valence-corrected chi connectivity index (χ1v) is 12.2. The van der Waals surface area contributed by atoms with Crippen molar-refractivity contribution in [3.05, 3.63) is 63.0 Å². The lowest BCUT2D eigenvalue weighted by atomic mass is 10.0. The Bertz CT molecular complexity index is 1420. The van der Waals surface area contributed by atoms with E-state index in [1.165, 1.54) is 16.2 Å². The van der Waals surface area contributed by atoms with Crippen molar-refractivity contribution in [1.82, 2.24) is 24.6 Å². The fourth-order valence-electron chi connectivity index (χ4n) is 4.70. The van der Waals surface area contributed by atoms with Gasteiger partial charge in [0, 0.05) is 22.7 Å². The van der Waals surface area contributed by atoms with E-state index in [1.807, 2.05) is 41.8 Å². The molecule has 2 fully saturated rings. The van der Waals surface area contributed by atoms with Gasteiger partial charge in [0.05, 0.1) is 17.1 Å². The van der Waals surface area contributed by atoms with Gasteiger partial charge in [0.1, 0.15) is 23.4 Å². The van der Waals surface area contributed by atoms with Crippen LogP contribution in [0.25, 0.3) is 5.00 Å². The summed E-state index contributed by atoms with van der Waals surface area (Å²) in [5, 5.41) is 10.1. The van der Waals surface area contributed by atoms with Gasteiger partial charge in [-0.05, 0) is 31.9 Å². The smallest absolute Gasteiger partial charge is 0.312 e. The molecule has 3 aromatic rings. The van der Waals surface area contributed by atoms with Gasteiger partial charge in [-0.3, -0.25) is 19.3 Å². The molecule has 6 rings (SSSR count). The number of benzene rings is 1. The van der Waals surface area contributed by atoms with Crippen LogP contribution >= 0.6 is 22.9 Å². The number of fused-ring (bicyclic) bond motifs is 4. The SMILES string of the molecule is Cc1nnc2n1-c1sc(C#CCN3C(=O)C4CCCN4C3=O)cc1C(c1ccccc1Cl)=NC2. The molecule has 0 saturated carbocycles. The number of hydrogen-bond donors (Lipinski definition) is 0. The fourth-order valence-corrected chi connectivity index (χ4v) is 6.03. The number of aryl methyl sites for hydroxylation is 1. The number of thiophene rings is 1. The number of aliphatic imine (C=N–C) groups is 1. The van der Waals surface area contributed by atoms with E-state index in [-0.39, 0.29) is 24.5 Å². The van der Waals surface area contributed by atoms with E-state index in [1.54, 1.807) is 4.90 Å². The number of urea groups is 1. The van der Waals surface area contributed by atoms with Crippen molar-refractivity contribution in [2.24, 2.45) is 4.99 Å². The third-order valence-electron chi connectivity index (χ3n) is 6.30. The fraction of sp³-hybridized carbons (Fsp3) is 0.292. The molecule has 1 aromatic carbocycles. The minimum Gasteiger partial charge on any atom is -0.312 e. The number of amides is 3. The van der Waals surface area contributed by atoms with Gasteiger partial charge >= 0.3 is 6.03 Å². The predicted molar refractivity (Wildman–Crippen MR) is 128 cm³/mol. The number of nitrogens with zero attached hydrogens (tertiary/aromatic N) is 6. The largest absolute Gasteiger partial charge is 0.328 e. The minimum absolute atomic E-state index is 0.0790. The summed E-state index contributed by atoms with van der Waals surface area (Å²) in [6.07, 6.45) is 1.61. The second-order valence-electron chi connectivity index (χ2n) is 8.33. The number of halogens is 1. The summed E-state index contributed by atoms with van der Waals surface area (Å²) in [5.41, 5.74) is 2.52. The van der Waals surface area contributed by atoms with Crippen molar-refractivity contribution in [2.75, 3.05) is 13.1 Å². The van der Waals surface area contributed by atoms with Crippen LogP contribution in [0.2, 0.25) is 5.02 Å². The lowest BCUT2D eigenvalue weighted by Gasteiger charge is -2.12. The Morgan fingerprint density at radius 1 is 1.21 bits per heavy atom. The number of aromatic nitrogens is 3. The second kappa shape index (κ2) is 8.08. The van der Waals surface area contributed by atoms with Crippen molar-refractivity contribution in [3.63, 3.8) is 0 Å². The van der Waals surface area contributed by atoms with E-state index >= 15 is 0 Å². The minimum atomic E-state index is -0.309. The number of imide groups is 1. The number of rotatable bonds is 2. The van der Waals surface area contributed by atoms with Crippen LogP contribution in [0.3, 0.4) is 0 Å². The van der Waals surface area contributed by atoms with Crippen LogP contribution in [0.4, 0.5) is 4.79 Å². The van der Waals surface area contributed by atoms with Crippen LogP contribution in [0.5, 0.6) is 0 Å². The Kier molecular flexibility index (Phi) is 5.01. The van der Waals surface area contributed by atoms with Crippen LogP contribution in [0.15, 0.2) is 35.3 Å². The molecule has 0 N–H and O–H groups in total. The highest BCUT2D eigenvalue weighted by molar-refractivity contribution is 7.15. The van der Waals surface area contributed by atoms with E-state index in [0.717, 1.165) is 51.2 Å². The van der Waals surface area contributed by atoms with Crippen molar-refractivity contribution in [2.45, 2.75) is 32.4 Å². The summed E-state index contributed by atoms with van der Waals surface area (Å²) >= 11 is 8.01. The quantitative estimate of drug-likeness (QED) is 0.407. The van der Waals surface area contributed by atoms with Crippen molar-refractivity contribution < 1.29 is 9.59 Å². The van der Waals surface area contributed by atoms with Crippen molar-refractivity contribution in [1.29, 1.82) is 0 Å². The molecule has 0 aliphatic carbocycles. The van der Waals surface area contributed by atoms with Crippen LogP contribution < -0.4 is 0 Å². The standard InChI is InChI=1S/C24H19ClN6O2S/c1-14-27-28-20-13-26-21(16-7-2-3-8-18(16)25)17-12-15(34-23(17)31(14)20)6-4-11-30-22(32)19-9-5-10-29(19)24(30)33/h2-3,7-8,12,19H,5,9-11,13H2,1H3. The molecule has 1 atom stereocenters. The van der Waals surface area contributed by atoms with Gasteiger partial charge in [0.25, 0.3) is 5.91 Å². The van der Waals surface area contributed by atoms with Crippen LogP contribution in [-0.4, -0.2) is 61.3 Å². The average Bonchev–Trinajstić information content (AvgIpc) is 3.57. The molecule has 1 unspecified atom stereocenters. The number of hydrogen-bond acceptors (Lipinski definition) is 6. The molecule has 3 aliphatic heterocycles. The van der Waals surface area contributed by atoms with Gasteiger partial charge in [0.15, 0.2) is 5.82 Å². The van der Waals surface area contributed by atoms with E-state index < -0.39 is 0 Å². The maximum Gasteiger partial charge on any atom is 0.328 e. The molecular weight excluding hydrogens is 472 g/mol. The highest BCUT2D eigenvalue weighted by Crippen LogP contribution is 2.34. The average molecular weight is 491 g/mol. The Hall–Kier alpha value is -3.48. The molecule has 34 heavy (non-hydrogen) atoms. The van der Waals surface area contributed by atoms with Gasteiger partial charge in [-0.25, -0.2) is 4.79 Å². The van der Waals surface area contributed by atoms with Crippen molar-refractivity contribution in [3.8, 4) is 16.8 Å². The van der Waals surface area contributed by atoms with Gasteiger partial charge in [0.2, 0.25) is 0 Å². The third kappa shape index (κ3) is 3.25. The zero-order chi connectivity index (χ0) is 23.4. The van der Waals surface area contributed by atoms with Crippen molar-refractivity contribution >= 4 is 40.6 Å². The van der Waals surface area contributed by atoms with Gasteiger partial charge in [-0.2, -0.15) is 0 Å². The topological polar surface area (TPSA) is 83.7 Å². The number of carbonyl (C=O) groups excluding carboxylic acids is 2. The molecule has 3 amide bonds. The Labute approximate surface area is 204 Å². The molecule has 2 aromatic heterocycles. The Morgan fingerprint density at radius 3 is 2.88 bits per heavy atom. The molecule has 0 spiro atoms. The molecular formula is C24H19ClN6O2S. The van der Waals surface area contributed by atoms with E-state index in [4.69, 9.17) is 16.6 Å². The summed E-state index contributed by atoms with van der Waals surface area (Å²) in [4.78, 5) is 33.6. The lowest BCUT2D eigenvalue weighted by Crippen LogP contribution is -2.33. The number of carbonyl (C=O) groups is 2. The molecule has 10 heteroatoms. The zero-order valence-corrected chi connectivity index (χ0v) is 19.9. The summed E-state index contributed by atoms with van der Waals surface area (Å²) in [6.45, 7) is 3.01. The molecule has 3 aliphatic rings. The first-order chi connectivity index (χ1) is 16.5. The highest BCUT2D eigenvalue weighted by atomic mass is 35.5. The lowest BCUT2D eigenvalue weighted by molar-refractivity contribution is -0.127. The van der Waals surface area contributed by atoms with Gasteiger partial charge in [-0.1, -0.05) is 41.6 Å². The molecule has 2 saturated heterocycles. The summed E-state index contributed by atoms with van der Waals surface area (Å²) in [5.74, 6) is 7.55. The maximum absolute atomic E-state index is 12.6. The summed E-state index contributed by atoms with van der Waals surface area (Å²) < 4.78 is 2.00. The van der Waals surface area contributed by atoms with E-state index in [2.05, 4.69) is 22.0 Å². The van der Waals surface area contributed by atoms with Crippen LogP contribution in [0, 0.1) is 18.8 Å². The zero-order valence-electron chi connectivity index (χ0n) is 18.3. The maximum atomic E-state index is 12.6. The molecule has 0 radical (unpaired) electrons. The molecule has 8 nitrogen and oxygen atoms in total. The van der Waals surface area contributed by atoms with Gasteiger partial charge in [-0.15, -0.1) is 21.5 Å². The second-order valence-corrected chi connectivity index (χ2v) is 9.77. The highest BCUT2D eigenvalue weighted by Gasteiger charge is 2.46.